The molecule has 0 aromatic carbocycles. The molecule has 1 amide bonds. The van der Waals surface area contributed by atoms with Crippen LogP contribution in [0.25, 0.3) is 0 Å². The van der Waals surface area contributed by atoms with Gasteiger partial charge in [0.1, 0.15) is 0 Å². The van der Waals surface area contributed by atoms with Crippen LogP contribution in [0.3, 0.4) is 0 Å². The van der Waals surface area contributed by atoms with Crippen molar-refractivity contribution in [1.82, 2.24) is 10.2 Å². The van der Waals surface area contributed by atoms with Gasteiger partial charge in [-0.15, -0.1) is 0 Å². The maximum Gasteiger partial charge on any atom is 0.236 e. The monoisotopic (exact) mass is 240 g/mol. The van der Waals surface area contributed by atoms with Gasteiger partial charge >= 0.3 is 0 Å². The second-order valence-corrected chi connectivity index (χ2v) is 5.49. The highest BCUT2D eigenvalue weighted by Gasteiger charge is 2.18. The van der Waals surface area contributed by atoms with Crippen molar-refractivity contribution in [3.8, 4) is 0 Å². The first-order chi connectivity index (χ1) is 7.92. The lowest BCUT2D eigenvalue weighted by molar-refractivity contribution is -0.130. The molecule has 0 aliphatic carbocycles. The van der Waals surface area contributed by atoms with Crippen LogP contribution < -0.4 is 5.32 Å². The summed E-state index contributed by atoms with van der Waals surface area (Å²) in [5.74, 6) is 0.174. The fourth-order valence-electron chi connectivity index (χ4n) is 1.71. The third-order valence-corrected chi connectivity index (χ3v) is 2.76. The lowest BCUT2D eigenvalue weighted by atomic mass is 10.1. The molecule has 0 saturated carbocycles. The third-order valence-electron chi connectivity index (χ3n) is 2.76. The van der Waals surface area contributed by atoms with Gasteiger partial charge in [0.25, 0.3) is 0 Å². The molecular formula is C13H24N2O2. The summed E-state index contributed by atoms with van der Waals surface area (Å²) in [6, 6.07) is 0. The Hall–Kier alpha value is -0.870. The van der Waals surface area contributed by atoms with Crippen LogP contribution in [-0.2, 0) is 9.53 Å². The predicted molar refractivity (Wildman–Crippen MR) is 68.9 cm³/mol. The molecule has 0 radical (unpaired) electrons. The van der Waals surface area contributed by atoms with Gasteiger partial charge in [-0.3, -0.25) is 4.79 Å². The van der Waals surface area contributed by atoms with Crippen molar-refractivity contribution in [2.75, 3.05) is 33.4 Å². The van der Waals surface area contributed by atoms with E-state index < -0.39 is 0 Å². The van der Waals surface area contributed by atoms with E-state index in [1.165, 1.54) is 5.57 Å². The molecule has 0 bridgehead atoms. The molecular weight excluding hydrogens is 216 g/mol. The Balaban J connectivity index is 2.36. The smallest absolute Gasteiger partial charge is 0.236 e. The summed E-state index contributed by atoms with van der Waals surface area (Å²) < 4.78 is 5.09. The molecule has 0 unspecified atom stereocenters. The summed E-state index contributed by atoms with van der Waals surface area (Å²) in [6.45, 7) is 8.80. The van der Waals surface area contributed by atoms with Crippen molar-refractivity contribution in [3.63, 3.8) is 0 Å². The van der Waals surface area contributed by atoms with Gasteiger partial charge in [0.05, 0.1) is 13.2 Å². The Morgan fingerprint density at radius 1 is 1.53 bits per heavy atom. The highest BCUT2D eigenvalue weighted by atomic mass is 16.5. The summed E-state index contributed by atoms with van der Waals surface area (Å²) in [4.78, 5) is 13.8. The first-order valence-corrected chi connectivity index (χ1v) is 6.12. The molecule has 4 nitrogen and oxygen atoms in total. The van der Waals surface area contributed by atoms with E-state index in [1.807, 2.05) is 4.90 Å². The van der Waals surface area contributed by atoms with Gasteiger partial charge in [-0.1, -0.05) is 6.08 Å². The standard InChI is InChI=1S/C13H24N2O2/c1-13(2,3)14-9-12(16)15-7-5-11(6-8-15)10-17-4/h5,14H,6-10H2,1-4H3. The second kappa shape index (κ2) is 6.17. The number of hydrogen-bond acceptors (Lipinski definition) is 3. The summed E-state index contributed by atoms with van der Waals surface area (Å²) in [7, 11) is 1.70. The minimum Gasteiger partial charge on any atom is -0.380 e. The molecule has 0 spiro atoms. The Bertz CT molecular complexity index is 292. The minimum atomic E-state index is -0.0114. The average molecular weight is 240 g/mol. The number of carbonyl (C=O) groups is 1. The number of rotatable bonds is 4. The minimum absolute atomic E-state index is 0.0114. The van der Waals surface area contributed by atoms with Gasteiger partial charge in [-0.05, 0) is 32.8 Å². The van der Waals surface area contributed by atoms with Crippen LogP contribution in [0.15, 0.2) is 11.6 Å². The van der Waals surface area contributed by atoms with E-state index in [9.17, 15) is 4.79 Å². The molecule has 98 valence electrons. The van der Waals surface area contributed by atoms with Crippen LogP contribution in [0, 0.1) is 0 Å². The van der Waals surface area contributed by atoms with Crippen LogP contribution in [0.2, 0.25) is 0 Å². The van der Waals surface area contributed by atoms with Crippen molar-refractivity contribution in [1.29, 1.82) is 0 Å². The second-order valence-electron chi connectivity index (χ2n) is 5.49. The molecule has 0 atom stereocenters. The van der Waals surface area contributed by atoms with Crippen LogP contribution in [-0.4, -0.2) is 49.7 Å². The van der Waals surface area contributed by atoms with Gasteiger partial charge in [0.2, 0.25) is 5.91 Å². The number of amides is 1. The molecule has 0 saturated heterocycles. The molecule has 0 fully saturated rings. The summed E-state index contributed by atoms with van der Waals surface area (Å²) >= 11 is 0. The number of carbonyl (C=O) groups excluding carboxylic acids is 1. The molecule has 1 aliphatic heterocycles. The van der Waals surface area contributed by atoms with Gasteiger partial charge in [0, 0.05) is 25.7 Å². The lowest BCUT2D eigenvalue weighted by Crippen LogP contribution is -2.46. The normalized spacial score (nSPS) is 16.9. The van der Waals surface area contributed by atoms with E-state index in [4.69, 9.17) is 4.74 Å². The van der Waals surface area contributed by atoms with E-state index in [1.54, 1.807) is 7.11 Å². The number of hydrogen-bond donors (Lipinski definition) is 1. The van der Waals surface area contributed by atoms with E-state index in [0.717, 1.165) is 13.0 Å². The Morgan fingerprint density at radius 3 is 2.71 bits per heavy atom. The Morgan fingerprint density at radius 2 is 2.24 bits per heavy atom. The quantitative estimate of drug-likeness (QED) is 0.750. The highest BCUT2D eigenvalue weighted by molar-refractivity contribution is 5.78. The summed E-state index contributed by atoms with van der Waals surface area (Å²) in [5, 5.41) is 3.22. The van der Waals surface area contributed by atoms with Crippen molar-refractivity contribution in [3.05, 3.63) is 11.6 Å². The maximum absolute atomic E-state index is 11.9. The van der Waals surface area contributed by atoms with Crippen LogP contribution in [0.1, 0.15) is 27.2 Å². The molecule has 0 aromatic rings. The number of ether oxygens (including phenoxy) is 1. The van der Waals surface area contributed by atoms with E-state index in [0.29, 0.717) is 19.7 Å². The van der Waals surface area contributed by atoms with Gasteiger partial charge in [-0.25, -0.2) is 0 Å². The first kappa shape index (κ1) is 14.2. The molecule has 4 heteroatoms. The van der Waals surface area contributed by atoms with Crippen LogP contribution in [0.5, 0.6) is 0 Å². The molecule has 1 rings (SSSR count). The number of methoxy groups -OCH3 is 1. The van der Waals surface area contributed by atoms with Gasteiger partial charge in [-0.2, -0.15) is 0 Å². The Kier molecular flexibility index (Phi) is 5.15. The van der Waals surface area contributed by atoms with Gasteiger partial charge < -0.3 is 15.0 Å². The van der Waals surface area contributed by atoms with Crippen molar-refractivity contribution < 1.29 is 9.53 Å². The SMILES string of the molecule is COCC1=CCN(C(=O)CNC(C)(C)C)CC1. The fraction of sp³-hybridized carbons (Fsp3) is 0.769. The zero-order chi connectivity index (χ0) is 12.9. The molecule has 1 heterocycles. The van der Waals surface area contributed by atoms with E-state index >= 15 is 0 Å². The fourth-order valence-corrected chi connectivity index (χ4v) is 1.71. The predicted octanol–water partition coefficient (Wildman–Crippen LogP) is 1.18. The lowest BCUT2D eigenvalue weighted by Gasteiger charge is -2.28. The maximum atomic E-state index is 11.9. The zero-order valence-corrected chi connectivity index (χ0v) is 11.4. The van der Waals surface area contributed by atoms with Crippen molar-refractivity contribution in [2.24, 2.45) is 0 Å². The molecule has 17 heavy (non-hydrogen) atoms. The topological polar surface area (TPSA) is 41.6 Å². The zero-order valence-electron chi connectivity index (χ0n) is 11.4. The highest BCUT2D eigenvalue weighted by Crippen LogP contribution is 2.11. The molecule has 0 aromatic heterocycles. The van der Waals surface area contributed by atoms with Crippen LogP contribution >= 0.6 is 0 Å². The Labute approximate surface area is 104 Å². The largest absolute Gasteiger partial charge is 0.380 e. The van der Waals surface area contributed by atoms with Crippen molar-refractivity contribution in [2.45, 2.75) is 32.7 Å². The van der Waals surface area contributed by atoms with E-state index in [2.05, 4.69) is 32.2 Å². The molecule has 1 aliphatic rings. The van der Waals surface area contributed by atoms with Gasteiger partial charge in [0.15, 0.2) is 0 Å². The van der Waals surface area contributed by atoms with E-state index in [-0.39, 0.29) is 11.4 Å². The van der Waals surface area contributed by atoms with Crippen molar-refractivity contribution >= 4 is 5.91 Å². The number of nitrogens with zero attached hydrogens (tertiary/aromatic N) is 1. The first-order valence-electron chi connectivity index (χ1n) is 6.12. The number of nitrogens with one attached hydrogen (secondary N) is 1. The average Bonchev–Trinajstić information content (AvgIpc) is 2.26. The summed E-state index contributed by atoms with van der Waals surface area (Å²) in [6.07, 6.45) is 3.02. The summed E-state index contributed by atoms with van der Waals surface area (Å²) in [5.41, 5.74) is 1.28. The molecule has 1 N–H and O–H groups in total. The van der Waals surface area contributed by atoms with Crippen LogP contribution in [0.4, 0.5) is 0 Å². The third kappa shape index (κ3) is 5.33.